The highest BCUT2D eigenvalue weighted by Crippen LogP contribution is 2.25. The molecule has 1 fully saturated rings. The number of nitrogens with zero attached hydrogens (tertiary/aromatic N) is 2. The third-order valence-electron chi connectivity index (χ3n) is 3.19. The molecular formula is C11H14N2O5S. The maximum atomic E-state index is 12.3. The first kappa shape index (κ1) is 13.9. The zero-order chi connectivity index (χ0) is 14.0. The third-order valence-corrected chi connectivity index (χ3v) is 5.07. The second-order valence-electron chi connectivity index (χ2n) is 4.45. The van der Waals surface area contributed by atoms with Crippen LogP contribution in [0.3, 0.4) is 0 Å². The molecule has 1 aromatic rings. The summed E-state index contributed by atoms with van der Waals surface area (Å²) in [5.74, 6) is -0.0344. The van der Waals surface area contributed by atoms with Crippen molar-refractivity contribution >= 4 is 15.7 Å². The highest BCUT2D eigenvalue weighted by Gasteiger charge is 2.32. The molecule has 1 N–H and O–H groups in total. The molecule has 8 heteroatoms. The first-order valence-corrected chi connectivity index (χ1v) is 7.24. The van der Waals surface area contributed by atoms with Crippen LogP contribution in [0, 0.1) is 16.0 Å². The van der Waals surface area contributed by atoms with Gasteiger partial charge in [-0.1, -0.05) is 0 Å². The minimum Gasteiger partial charge on any atom is -0.396 e. The molecule has 104 valence electrons. The number of sulfonamides is 1. The Labute approximate surface area is 110 Å². The number of nitro benzene ring substituents is 1. The van der Waals surface area contributed by atoms with E-state index in [0.29, 0.717) is 13.0 Å². The van der Waals surface area contributed by atoms with E-state index >= 15 is 0 Å². The lowest BCUT2D eigenvalue weighted by Crippen LogP contribution is -2.29. The Morgan fingerprint density at radius 2 is 2.00 bits per heavy atom. The van der Waals surface area contributed by atoms with Crippen LogP contribution in [0.15, 0.2) is 29.2 Å². The number of non-ortho nitro benzene ring substituents is 1. The normalized spacial score (nSPS) is 20.6. The summed E-state index contributed by atoms with van der Waals surface area (Å²) in [5, 5.41) is 19.5. The zero-order valence-electron chi connectivity index (χ0n) is 10.1. The van der Waals surface area contributed by atoms with Crippen LogP contribution in [-0.2, 0) is 10.0 Å². The van der Waals surface area contributed by atoms with E-state index < -0.39 is 14.9 Å². The number of hydrogen-bond donors (Lipinski definition) is 1. The molecule has 2 rings (SSSR count). The predicted octanol–water partition coefficient (Wildman–Crippen LogP) is 0.598. The van der Waals surface area contributed by atoms with Gasteiger partial charge in [-0.3, -0.25) is 10.1 Å². The fraction of sp³-hybridized carbons (Fsp3) is 0.455. The molecule has 0 radical (unpaired) electrons. The van der Waals surface area contributed by atoms with Crippen molar-refractivity contribution in [3.05, 3.63) is 34.4 Å². The summed E-state index contributed by atoms with van der Waals surface area (Å²) in [6, 6.07) is 4.82. The van der Waals surface area contributed by atoms with Crippen molar-refractivity contribution in [2.45, 2.75) is 11.3 Å². The summed E-state index contributed by atoms with van der Waals surface area (Å²) in [5.41, 5.74) is -0.145. The maximum Gasteiger partial charge on any atom is 0.269 e. The average Bonchev–Trinajstić information content (AvgIpc) is 2.88. The summed E-state index contributed by atoms with van der Waals surface area (Å²) in [4.78, 5) is 9.98. The highest BCUT2D eigenvalue weighted by atomic mass is 32.2. The van der Waals surface area contributed by atoms with Crippen LogP contribution in [-0.4, -0.2) is 42.4 Å². The SMILES string of the molecule is O=[N+]([O-])c1ccc(S(=O)(=O)N2CCC(CO)C2)cc1. The largest absolute Gasteiger partial charge is 0.396 e. The van der Waals surface area contributed by atoms with Crippen molar-refractivity contribution in [3.8, 4) is 0 Å². The number of nitro groups is 1. The molecule has 7 nitrogen and oxygen atoms in total. The van der Waals surface area contributed by atoms with Crippen molar-refractivity contribution in [1.29, 1.82) is 0 Å². The monoisotopic (exact) mass is 286 g/mol. The van der Waals surface area contributed by atoms with E-state index in [0.717, 1.165) is 0 Å². The third kappa shape index (κ3) is 2.75. The number of hydrogen-bond acceptors (Lipinski definition) is 5. The fourth-order valence-electron chi connectivity index (χ4n) is 2.05. The second kappa shape index (κ2) is 5.24. The van der Waals surface area contributed by atoms with Crippen LogP contribution in [0.2, 0.25) is 0 Å². The molecule has 0 bridgehead atoms. The Kier molecular flexibility index (Phi) is 3.83. The van der Waals surface area contributed by atoms with Gasteiger partial charge < -0.3 is 5.11 Å². The van der Waals surface area contributed by atoms with E-state index in [1.165, 1.54) is 28.6 Å². The first-order valence-electron chi connectivity index (χ1n) is 5.80. The van der Waals surface area contributed by atoms with E-state index in [9.17, 15) is 18.5 Å². The molecule has 1 saturated heterocycles. The maximum absolute atomic E-state index is 12.3. The van der Waals surface area contributed by atoms with Crippen molar-refractivity contribution in [2.75, 3.05) is 19.7 Å². The summed E-state index contributed by atoms with van der Waals surface area (Å²) < 4.78 is 25.8. The predicted molar refractivity (Wildman–Crippen MR) is 67.0 cm³/mol. The lowest BCUT2D eigenvalue weighted by Gasteiger charge is -2.16. The van der Waals surface area contributed by atoms with Crippen molar-refractivity contribution in [1.82, 2.24) is 4.31 Å². The molecule has 0 amide bonds. The topological polar surface area (TPSA) is 101 Å². The molecule has 0 saturated carbocycles. The minimum atomic E-state index is -3.62. The summed E-state index contributed by atoms with van der Waals surface area (Å²) >= 11 is 0. The van der Waals surface area contributed by atoms with Gasteiger partial charge in [0.15, 0.2) is 0 Å². The zero-order valence-corrected chi connectivity index (χ0v) is 10.9. The quantitative estimate of drug-likeness (QED) is 0.645. The Morgan fingerprint density at radius 1 is 1.37 bits per heavy atom. The Hall–Kier alpha value is -1.51. The van der Waals surface area contributed by atoms with Crippen LogP contribution >= 0.6 is 0 Å². The van der Waals surface area contributed by atoms with Gasteiger partial charge in [-0.25, -0.2) is 8.42 Å². The van der Waals surface area contributed by atoms with Crippen LogP contribution < -0.4 is 0 Å². The molecule has 1 aliphatic heterocycles. The molecule has 1 aromatic carbocycles. The lowest BCUT2D eigenvalue weighted by molar-refractivity contribution is -0.384. The number of aliphatic hydroxyl groups excluding tert-OH is 1. The Morgan fingerprint density at radius 3 is 2.47 bits per heavy atom. The van der Waals surface area contributed by atoms with Gasteiger partial charge >= 0.3 is 0 Å². The second-order valence-corrected chi connectivity index (χ2v) is 6.39. The van der Waals surface area contributed by atoms with Crippen LogP contribution in [0.25, 0.3) is 0 Å². The Balaban J connectivity index is 2.22. The molecule has 1 heterocycles. The average molecular weight is 286 g/mol. The van der Waals surface area contributed by atoms with Crippen molar-refractivity contribution in [2.24, 2.45) is 5.92 Å². The van der Waals surface area contributed by atoms with Gasteiger partial charge in [0.2, 0.25) is 10.0 Å². The van der Waals surface area contributed by atoms with Gasteiger partial charge in [-0.05, 0) is 24.5 Å². The van der Waals surface area contributed by atoms with E-state index in [1.54, 1.807) is 0 Å². The highest BCUT2D eigenvalue weighted by molar-refractivity contribution is 7.89. The van der Waals surface area contributed by atoms with Crippen LogP contribution in [0.5, 0.6) is 0 Å². The van der Waals surface area contributed by atoms with Gasteiger partial charge in [0, 0.05) is 31.8 Å². The van der Waals surface area contributed by atoms with E-state index in [2.05, 4.69) is 0 Å². The fourth-order valence-corrected chi connectivity index (χ4v) is 3.58. The lowest BCUT2D eigenvalue weighted by atomic mass is 10.1. The molecule has 0 aliphatic carbocycles. The van der Waals surface area contributed by atoms with Crippen LogP contribution in [0.1, 0.15) is 6.42 Å². The van der Waals surface area contributed by atoms with Crippen LogP contribution in [0.4, 0.5) is 5.69 Å². The van der Waals surface area contributed by atoms with E-state index in [4.69, 9.17) is 5.11 Å². The van der Waals surface area contributed by atoms with E-state index in [-0.39, 0.29) is 29.7 Å². The van der Waals surface area contributed by atoms with Gasteiger partial charge in [-0.2, -0.15) is 4.31 Å². The van der Waals surface area contributed by atoms with E-state index in [1.807, 2.05) is 0 Å². The molecule has 19 heavy (non-hydrogen) atoms. The number of rotatable bonds is 4. The smallest absolute Gasteiger partial charge is 0.269 e. The molecule has 1 unspecified atom stereocenters. The molecule has 1 atom stereocenters. The Bertz CT molecular complexity index is 569. The summed E-state index contributed by atoms with van der Waals surface area (Å²) in [6.45, 7) is 0.618. The number of aliphatic hydroxyl groups is 1. The minimum absolute atomic E-state index is 0.0344. The van der Waals surface area contributed by atoms with Gasteiger partial charge in [-0.15, -0.1) is 0 Å². The van der Waals surface area contributed by atoms with Gasteiger partial charge in [0.05, 0.1) is 9.82 Å². The summed E-state index contributed by atoms with van der Waals surface area (Å²) in [7, 11) is -3.62. The van der Waals surface area contributed by atoms with Gasteiger partial charge in [0.1, 0.15) is 0 Å². The standard InChI is InChI=1S/C11H14N2O5S/c14-8-9-5-6-12(7-9)19(17,18)11-3-1-10(2-4-11)13(15)16/h1-4,9,14H,5-8H2. The molecule has 0 spiro atoms. The number of benzene rings is 1. The van der Waals surface area contributed by atoms with Crippen molar-refractivity contribution < 1.29 is 18.4 Å². The van der Waals surface area contributed by atoms with Crippen molar-refractivity contribution in [3.63, 3.8) is 0 Å². The summed E-state index contributed by atoms with van der Waals surface area (Å²) in [6.07, 6.45) is 0.628. The first-order chi connectivity index (χ1) is 8.95. The van der Waals surface area contributed by atoms with Gasteiger partial charge in [0.25, 0.3) is 5.69 Å². The molecule has 0 aromatic heterocycles. The molecular weight excluding hydrogens is 272 g/mol. The molecule has 1 aliphatic rings.